The fourth-order valence-electron chi connectivity index (χ4n) is 3.66. The zero-order valence-corrected chi connectivity index (χ0v) is 15.9. The molecule has 0 bridgehead atoms. The first-order valence-corrected chi connectivity index (χ1v) is 9.52. The number of aromatic hydroxyl groups is 1. The van der Waals surface area contributed by atoms with E-state index in [0.29, 0.717) is 11.3 Å². The zero-order chi connectivity index (χ0) is 19.8. The second-order valence-corrected chi connectivity index (χ2v) is 6.94. The predicted octanol–water partition coefficient (Wildman–Crippen LogP) is 5.74. The van der Waals surface area contributed by atoms with Gasteiger partial charge in [-0.1, -0.05) is 91.0 Å². The van der Waals surface area contributed by atoms with Crippen LogP contribution in [0.4, 0.5) is 0 Å². The molecule has 0 aliphatic heterocycles. The van der Waals surface area contributed by atoms with Gasteiger partial charge in [0.05, 0.1) is 11.4 Å². The summed E-state index contributed by atoms with van der Waals surface area (Å²) in [6.45, 7) is 1.81. The van der Waals surface area contributed by atoms with Crippen LogP contribution in [0.5, 0.6) is 5.88 Å². The van der Waals surface area contributed by atoms with Crippen molar-refractivity contribution in [2.75, 3.05) is 0 Å². The highest BCUT2D eigenvalue weighted by Gasteiger charge is 2.22. The average molecular weight is 377 g/mol. The lowest BCUT2D eigenvalue weighted by Crippen LogP contribution is -2.02. The molecule has 3 aromatic carbocycles. The number of imidazole rings is 1. The molecule has 0 aliphatic carbocycles. The molecule has 1 N–H and O–H groups in total. The summed E-state index contributed by atoms with van der Waals surface area (Å²) >= 11 is 0. The van der Waals surface area contributed by atoms with E-state index < -0.39 is 0 Å². The number of rotatable bonds is 3. The van der Waals surface area contributed by atoms with Crippen LogP contribution in [0.15, 0.2) is 91.0 Å². The zero-order valence-electron chi connectivity index (χ0n) is 15.9. The van der Waals surface area contributed by atoms with E-state index in [9.17, 15) is 5.11 Å². The first-order valence-electron chi connectivity index (χ1n) is 9.52. The molecule has 0 atom stereocenters. The van der Waals surface area contributed by atoms with Gasteiger partial charge in [0, 0.05) is 16.7 Å². The van der Waals surface area contributed by atoms with Gasteiger partial charge in [0.15, 0.2) is 5.65 Å². The van der Waals surface area contributed by atoms with Gasteiger partial charge < -0.3 is 5.11 Å². The van der Waals surface area contributed by atoms with Gasteiger partial charge in [-0.15, -0.1) is 0 Å². The topological polar surface area (TPSA) is 50.4 Å². The third-order valence-corrected chi connectivity index (χ3v) is 5.05. The minimum atomic E-state index is 0.135. The molecule has 4 nitrogen and oxygen atoms in total. The van der Waals surface area contributed by atoms with Crippen molar-refractivity contribution >= 4 is 5.65 Å². The largest absolute Gasteiger partial charge is 0.493 e. The molecule has 0 saturated heterocycles. The highest BCUT2D eigenvalue weighted by Crippen LogP contribution is 2.38. The number of benzene rings is 3. The van der Waals surface area contributed by atoms with Gasteiger partial charge in [-0.05, 0) is 6.92 Å². The van der Waals surface area contributed by atoms with Crippen LogP contribution in [0.25, 0.3) is 39.4 Å². The van der Waals surface area contributed by atoms with Crippen LogP contribution in [-0.2, 0) is 0 Å². The maximum Gasteiger partial charge on any atom is 0.219 e. The van der Waals surface area contributed by atoms with E-state index in [0.717, 1.165) is 33.8 Å². The average Bonchev–Trinajstić information content (AvgIpc) is 3.09. The minimum absolute atomic E-state index is 0.135. The Balaban J connectivity index is 1.97. The molecule has 5 rings (SSSR count). The molecule has 0 saturated carbocycles. The second kappa shape index (κ2) is 6.91. The van der Waals surface area contributed by atoms with Crippen molar-refractivity contribution in [3.05, 3.63) is 96.7 Å². The minimum Gasteiger partial charge on any atom is -0.493 e. The fourth-order valence-corrected chi connectivity index (χ4v) is 3.66. The number of fused-ring (bicyclic) bond motifs is 1. The Kier molecular flexibility index (Phi) is 4.10. The Morgan fingerprint density at radius 2 is 1.10 bits per heavy atom. The van der Waals surface area contributed by atoms with E-state index >= 15 is 0 Å². The van der Waals surface area contributed by atoms with E-state index in [1.165, 1.54) is 0 Å². The summed E-state index contributed by atoms with van der Waals surface area (Å²) in [5.41, 5.74) is 6.50. The highest BCUT2D eigenvalue weighted by atomic mass is 16.3. The number of hydrogen-bond donors (Lipinski definition) is 1. The smallest absolute Gasteiger partial charge is 0.219 e. The van der Waals surface area contributed by atoms with E-state index in [1.807, 2.05) is 102 Å². The van der Waals surface area contributed by atoms with E-state index in [-0.39, 0.29) is 5.88 Å². The standard InChI is InChI=1S/C25H19N3O/c1-17-25(29)28-23(20-15-9-4-10-16-20)21(18-11-5-2-6-12-18)27-22(24(28)26-17)19-13-7-3-8-14-19/h2-16,29H,1H3. The fraction of sp³-hybridized carbons (Fsp3) is 0.0400. The number of nitrogens with zero attached hydrogens (tertiary/aromatic N) is 3. The molecule has 0 radical (unpaired) electrons. The Bertz CT molecular complexity index is 1290. The Hall–Kier alpha value is -3.92. The molecule has 0 fully saturated rings. The van der Waals surface area contributed by atoms with Crippen molar-refractivity contribution in [2.45, 2.75) is 6.92 Å². The quantitative estimate of drug-likeness (QED) is 0.436. The van der Waals surface area contributed by atoms with Gasteiger partial charge in [0.1, 0.15) is 11.4 Å². The number of aromatic nitrogens is 3. The van der Waals surface area contributed by atoms with E-state index in [2.05, 4.69) is 4.98 Å². The van der Waals surface area contributed by atoms with Crippen molar-refractivity contribution in [1.29, 1.82) is 0 Å². The lowest BCUT2D eigenvalue weighted by atomic mass is 10.0. The van der Waals surface area contributed by atoms with Crippen LogP contribution in [-0.4, -0.2) is 19.5 Å². The van der Waals surface area contributed by atoms with Crippen LogP contribution < -0.4 is 0 Å². The molecule has 5 aromatic rings. The molecule has 4 heteroatoms. The molecule has 2 aromatic heterocycles. The lowest BCUT2D eigenvalue weighted by Gasteiger charge is -2.16. The number of hydrogen-bond acceptors (Lipinski definition) is 3. The van der Waals surface area contributed by atoms with Crippen LogP contribution in [0.2, 0.25) is 0 Å². The van der Waals surface area contributed by atoms with Crippen molar-refractivity contribution in [1.82, 2.24) is 14.4 Å². The summed E-state index contributed by atoms with van der Waals surface area (Å²) in [6, 6.07) is 30.0. The molecule has 0 unspecified atom stereocenters. The molecule has 0 spiro atoms. The van der Waals surface area contributed by atoms with E-state index in [4.69, 9.17) is 4.98 Å². The van der Waals surface area contributed by atoms with Crippen molar-refractivity contribution in [2.24, 2.45) is 0 Å². The van der Waals surface area contributed by atoms with Crippen molar-refractivity contribution in [3.63, 3.8) is 0 Å². The normalized spacial score (nSPS) is 11.1. The molecule has 0 amide bonds. The van der Waals surface area contributed by atoms with Crippen molar-refractivity contribution in [3.8, 4) is 39.7 Å². The maximum atomic E-state index is 11.0. The molecular formula is C25H19N3O. The lowest BCUT2D eigenvalue weighted by molar-refractivity contribution is 0.445. The Morgan fingerprint density at radius 1 is 0.621 bits per heavy atom. The summed E-state index contributed by atoms with van der Waals surface area (Å²) < 4.78 is 1.82. The van der Waals surface area contributed by atoms with Gasteiger partial charge in [-0.2, -0.15) is 0 Å². The third kappa shape index (κ3) is 2.86. The van der Waals surface area contributed by atoms with Crippen LogP contribution in [0, 0.1) is 6.92 Å². The Labute approximate surface area is 168 Å². The van der Waals surface area contributed by atoms with Crippen LogP contribution in [0.3, 0.4) is 0 Å². The summed E-state index contributed by atoms with van der Waals surface area (Å²) in [7, 11) is 0. The van der Waals surface area contributed by atoms with Gasteiger partial charge in [-0.3, -0.25) is 4.40 Å². The first-order chi connectivity index (χ1) is 14.2. The molecular weight excluding hydrogens is 358 g/mol. The second-order valence-electron chi connectivity index (χ2n) is 6.94. The van der Waals surface area contributed by atoms with Gasteiger partial charge >= 0.3 is 0 Å². The molecule has 140 valence electrons. The van der Waals surface area contributed by atoms with Crippen LogP contribution >= 0.6 is 0 Å². The monoisotopic (exact) mass is 377 g/mol. The van der Waals surface area contributed by atoms with Gasteiger partial charge in [0.2, 0.25) is 5.88 Å². The molecule has 29 heavy (non-hydrogen) atoms. The van der Waals surface area contributed by atoms with E-state index in [1.54, 1.807) is 0 Å². The highest BCUT2D eigenvalue weighted by molar-refractivity contribution is 5.86. The summed E-state index contributed by atoms with van der Waals surface area (Å²) in [5, 5.41) is 11.0. The molecule has 2 heterocycles. The van der Waals surface area contributed by atoms with Crippen molar-refractivity contribution < 1.29 is 5.11 Å². The van der Waals surface area contributed by atoms with Gasteiger partial charge in [-0.25, -0.2) is 9.97 Å². The molecule has 0 aliphatic rings. The van der Waals surface area contributed by atoms with Crippen LogP contribution in [0.1, 0.15) is 5.69 Å². The third-order valence-electron chi connectivity index (χ3n) is 5.05. The number of aryl methyl sites for hydroxylation is 1. The summed E-state index contributed by atoms with van der Waals surface area (Å²) in [5.74, 6) is 0.135. The predicted molar refractivity (Wildman–Crippen MR) is 116 cm³/mol. The maximum absolute atomic E-state index is 11.0. The summed E-state index contributed by atoms with van der Waals surface area (Å²) in [6.07, 6.45) is 0. The SMILES string of the molecule is Cc1nc2c(-c3ccccc3)nc(-c3ccccc3)c(-c3ccccc3)n2c1O. The summed E-state index contributed by atoms with van der Waals surface area (Å²) in [4.78, 5) is 9.74. The Morgan fingerprint density at radius 3 is 1.66 bits per heavy atom. The van der Waals surface area contributed by atoms with Gasteiger partial charge in [0.25, 0.3) is 0 Å². The first kappa shape index (κ1) is 17.2.